The molecule has 1 unspecified atom stereocenters. The molecule has 1 saturated heterocycles. The summed E-state index contributed by atoms with van der Waals surface area (Å²) < 4.78 is 29.7. The molecule has 1 fully saturated rings. The van der Waals surface area contributed by atoms with Gasteiger partial charge in [0, 0.05) is 60.7 Å². The molecule has 0 aromatic carbocycles. The summed E-state index contributed by atoms with van der Waals surface area (Å²) in [5.41, 5.74) is 8.39. The third-order valence-electron chi connectivity index (χ3n) is 8.89. The number of carbonyl (C=O) groups is 2. The van der Waals surface area contributed by atoms with Crippen molar-refractivity contribution in [3.8, 4) is 34.6 Å². The highest BCUT2D eigenvalue weighted by Gasteiger charge is 2.24. The predicted octanol–water partition coefficient (Wildman–Crippen LogP) is 7.12. The molecule has 1 atom stereocenters. The van der Waals surface area contributed by atoms with Crippen molar-refractivity contribution in [1.82, 2.24) is 29.7 Å². The SMILES string of the molecule is C.CCO.COc1cc(C=O)c(OCc2cccnc2-c2c(C)cnn2C2CCCCO2)cn1.COc1cc(C=O)c(OCc2cccnc2C2=C(C)C=NC2)cn1. The Bertz CT molecular complexity index is 2180. The molecule has 0 spiro atoms. The number of aliphatic imine (C=N–C) groups is 1. The molecule has 0 amide bonds. The molecule has 15 nitrogen and oxygen atoms in total. The number of aromatic nitrogens is 6. The molecule has 0 radical (unpaired) electrons. The summed E-state index contributed by atoms with van der Waals surface area (Å²) in [6.07, 6.45) is 14.6. The number of ether oxygens (including phenoxy) is 5. The first kappa shape index (κ1) is 44.4. The maximum atomic E-state index is 11.4. The van der Waals surface area contributed by atoms with Gasteiger partial charge in [0.1, 0.15) is 24.7 Å². The van der Waals surface area contributed by atoms with E-state index in [0.717, 1.165) is 83.4 Å². The van der Waals surface area contributed by atoms with Gasteiger partial charge in [-0.3, -0.25) is 24.5 Å². The Hall–Kier alpha value is -6.32. The van der Waals surface area contributed by atoms with Gasteiger partial charge >= 0.3 is 0 Å². The number of pyridine rings is 4. The van der Waals surface area contributed by atoms with Crippen molar-refractivity contribution in [2.75, 3.05) is 34.0 Å². The maximum absolute atomic E-state index is 11.4. The van der Waals surface area contributed by atoms with Crippen molar-refractivity contribution in [1.29, 1.82) is 0 Å². The molecule has 7 heterocycles. The molecule has 1 N–H and O–H groups in total. The fourth-order valence-corrected chi connectivity index (χ4v) is 6.05. The monoisotopic (exact) mass is 793 g/mol. The van der Waals surface area contributed by atoms with E-state index in [1.54, 1.807) is 31.5 Å². The van der Waals surface area contributed by atoms with Crippen molar-refractivity contribution in [3.63, 3.8) is 0 Å². The van der Waals surface area contributed by atoms with Gasteiger partial charge in [-0.15, -0.1) is 0 Å². The van der Waals surface area contributed by atoms with Crippen LogP contribution in [0.2, 0.25) is 0 Å². The van der Waals surface area contributed by atoms with Crippen LogP contribution in [0.25, 0.3) is 17.0 Å². The lowest BCUT2D eigenvalue weighted by Gasteiger charge is -2.25. The van der Waals surface area contributed by atoms with Crippen LogP contribution >= 0.6 is 0 Å². The van der Waals surface area contributed by atoms with E-state index in [1.165, 1.54) is 26.6 Å². The topological polar surface area (TPSA) is 182 Å². The quantitative estimate of drug-likeness (QED) is 0.119. The first-order chi connectivity index (χ1) is 27.8. The van der Waals surface area contributed by atoms with Crippen LogP contribution in [0.4, 0.5) is 0 Å². The third kappa shape index (κ3) is 11.2. The van der Waals surface area contributed by atoms with Gasteiger partial charge in [-0.05, 0) is 63.3 Å². The average molecular weight is 794 g/mol. The van der Waals surface area contributed by atoms with Gasteiger partial charge in [0.25, 0.3) is 0 Å². The number of aliphatic hydroxyl groups is 1. The molecule has 2 aliphatic heterocycles. The largest absolute Gasteiger partial charge is 0.486 e. The zero-order valence-electron chi connectivity index (χ0n) is 32.8. The number of methoxy groups -OCH3 is 2. The van der Waals surface area contributed by atoms with Gasteiger partial charge in [-0.2, -0.15) is 5.10 Å². The number of aldehydes is 2. The highest BCUT2D eigenvalue weighted by Crippen LogP contribution is 2.32. The van der Waals surface area contributed by atoms with E-state index >= 15 is 0 Å². The Morgan fingerprint density at radius 2 is 1.41 bits per heavy atom. The molecule has 2 aliphatic rings. The first-order valence-corrected chi connectivity index (χ1v) is 18.4. The van der Waals surface area contributed by atoms with E-state index in [2.05, 4.69) is 30.0 Å². The van der Waals surface area contributed by atoms with Crippen molar-refractivity contribution in [3.05, 3.63) is 106 Å². The lowest BCUT2D eigenvalue weighted by Crippen LogP contribution is -2.20. The Kier molecular flexibility index (Phi) is 17.2. The van der Waals surface area contributed by atoms with Crippen molar-refractivity contribution in [2.45, 2.75) is 66.9 Å². The highest BCUT2D eigenvalue weighted by molar-refractivity contribution is 5.94. The Labute approximate surface area is 338 Å². The second-order valence-corrected chi connectivity index (χ2v) is 12.8. The predicted molar refractivity (Wildman–Crippen MR) is 220 cm³/mol. The minimum Gasteiger partial charge on any atom is -0.486 e. The minimum absolute atomic E-state index is 0. The zero-order valence-corrected chi connectivity index (χ0v) is 32.8. The summed E-state index contributed by atoms with van der Waals surface area (Å²) in [7, 11) is 3.00. The number of carbonyl (C=O) groups excluding carboxylic acids is 2. The number of rotatable bonds is 13. The molecule has 0 aliphatic carbocycles. The zero-order chi connectivity index (χ0) is 40.6. The fourth-order valence-electron chi connectivity index (χ4n) is 6.05. The standard InChI is InChI=1S/C22H24N4O4.C18H17N3O3.C2H6O.CH4/c1-15-11-25-26(20-7-3-4-9-29-20)22(15)21-16(6-5-8-23-21)14-30-18-12-24-19(28-2)10-17(18)13-27;1-12-7-19-8-15(12)18-13(4-3-5-20-18)11-24-16-9-21-17(23-2)6-14(16)10-22;1-2-3;/h5-6,8,10-13,20H,3-4,7,9,14H2,1-2H3;3-7,9-10H,8,11H2,1-2H3;3H,2H2,1H3;1H4. The van der Waals surface area contributed by atoms with Crippen molar-refractivity contribution >= 4 is 24.4 Å². The normalized spacial score (nSPS) is 14.2. The van der Waals surface area contributed by atoms with Crippen LogP contribution in [0, 0.1) is 6.92 Å². The van der Waals surface area contributed by atoms with Crippen LogP contribution in [0.5, 0.6) is 23.3 Å². The van der Waals surface area contributed by atoms with Crippen molar-refractivity contribution in [2.24, 2.45) is 4.99 Å². The van der Waals surface area contributed by atoms with Gasteiger partial charge in [-0.25, -0.2) is 14.6 Å². The van der Waals surface area contributed by atoms with Crippen LogP contribution in [-0.2, 0) is 18.0 Å². The molecule has 0 bridgehead atoms. The molecule has 5 aromatic heterocycles. The molecule has 5 aromatic rings. The molecular weight excluding hydrogens is 743 g/mol. The van der Waals surface area contributed by atoms with Gasteiger partial charge in [0.15, 0.2) is 18.8 Å². The molecule has 58 heavy (non-hydrogen) atoms. The van der Waals surface area contributed by atoms with E-state index in [9.17, 15) is 9.59 Å². The third-order valence-corrected chi connectivity index (χ3v) is 8.89. The fraction of sp³-hybridized carbons (Fsp3) is 0.349. The van der Waals surface area contributed by atoms with E-state index in [0.29, 0.717) is 40.9 Å². The number of hydrogen-bond donors (Lipinski definition) is 1. The maximum Gasteiger partial charge on any atom is 0.213 e. The first-order valence-electron chi connectivity index (χ1n) is 18.4. The lowest BCUT2D eigenvalue weighted by atomic mass is 10.0. The number of allylic oxidation sites excluding steroid dienone is 1. The number of hydrogen-bond acceptors (Lipinski definition) is 14. The summed E-state index contributed by atoms with van der Waals surface area (Å²) >= 11 is 0. The summed E-state index contributed by atoms with van der Waals surface area (Å²) in [6.45, 7) is 7.84. The minimum atomic E-state index is -0.0920. The highest BCUT2D eigenvalue weighted by atomic mass is 16.5. The molecule has 306 valence electrons. The van der Waals surface area contributed by atoms with Gasteiger partial charge in [-0.1, -0.05) is 19.6 Å². The second kappa shape index (κ2) is 22.4. The second-order valence-electron chi connectivity index (χ2n) is 12.8. The Balaban J connectivity index is 0.000000242. The van der Waals surface area contributed by atoms with Crippen LogP contribution in [0.1, 0.15) is 89.9 Å². The molecular formula is C43H51N7O8. The van der Waals surface area contributed by atoms with E-state index < -0.39 is 0 Å². The molecule has 7 rings (SSSR count). The number of aliphatic hydroxyl groups excluding tert-OH is 1. The number of aryl methyl sites for hydroxylation is 1. The summed E-state index contributed by atoms with van der Waals surface area (Å²) in [5, 5.41) is 12.1. The van der Waals surface area contributed by atoms with Crippen LogP contribution in [0.15, 0.2) is 77.9 Å². The summed E-state index contributed by atoms with van der Waals surface area (Å²) in [4.78, 5) is 44.2. The van der Waals surface area contributed by atoms with Gasteiger partial charge < -0.3 is 28.8 Å². The lowest BCUT2D eigenvalue weighted by molar-refractivity contribution is -0.0384. The van der Waals surface area contributed by atoms with Crippen LogP contribution in [-0.4, -0.2) is 87.6 Å². The van der Waals surface area contributed by atoms with Crippen molar-refractivity contribution < 1.29 is 38.4 Å². The van der Waals surface area contributed by atoms with Crippen LogP contribution < -0.4 is 18.9 Å². The van der Waals surface area contributed by atoms with Gasteiger partial charge in [0.2, 0.25) is 11.8 Å². The van der Waals surface area contributed by atoms with Crippen LogP contribution in [0.3, 0.4) is 0 Å². The smallest absolute Gasteiger partial charge is 0.213 e. The van der Waals surface area contributed by atoms with E-state index in [4.69, 9.17) is 28.8 Å². The number of nitrogens with zero attached hydrogens (tertiary/aromatic N) is 7. The summed E-state index contributed by atoms with van der Waals surface area (Å²) in [5.74, 6) is 1.53. The van der Waals surface area contributed by atoms with Gasteiger partial charge in [0.05, 0.1) is 67.6 Å². The molecule has 0 saturated carbocycles. The van der Waals surface area contributed by atoms with E-state index in [-0.39, 0.29) is 33.5 Å². The molecule has 15 heteroatoms. The Morgan fingerprint density at radius 1 is 0.845 bits per heavy atom. The average Bonchev–Trinajstić information content (AvgIpc) is 3.87. The van der Waals surface area contributed by atoms with E-state index in [1.807, 2.05) is 55.2 Å². The summed E-state index contributed by atoms with van der Waals surface area (Å²) in [6, 6.07) is 10.7. The Morgan fingerprint density at radius 3 is 1.91 bits per heavy atom.